The van der Waals surface area contributed by atoms with Crippen molar-refractivity contribution in [1.82, 2.24) is 15.0 Å². The van der Waals surface area contributed by atoms with E-state index in [4.69, 9.17) is 0 Å². The second-order valence-electron chi connectivity index (χ2n) is 2.69. The number of carbonyl (C=O) groups excluding carboxylic acids is 1. The molecule has 0 spiro atoms. The normalized spacial score (nSPS) is 10.4. The van der Waals surface area contributed by atoms with Gasteiger partial charge in [0, 0.05) is 18.0 Å². The zero-order valence-electron chi connectivity index (χ0n) is 7.27. The summed E-state index contributed by atoms with van der Waals surface area (Å²) in [7, 11) is 1.69. The van der Waals surface area contributed by atoms with Gasteiger partial charge >= 0.3 is 0 Å². The van der Waals surface area contributed by atoms with Gasteiger partial charge in [0.25, 0.3) is 0 Å². The molecule has 72 valence electrons. The fourth-order valence-electron chi connectivity index (χ4n) is 1.03. The number of aromatic nitrogens is 3. The Labute approximate surface area is 98.1 Å². The molecule has 2 rings (SSSR count). The molecule has 2 heterocycles. The lowest BCUT2D eigenvalue weighted by atomic mass is 10.2. The number of nitrogens with zero attached hydrogens (tertiary/aromatic N) is 3. The summed E-state index contributed by atoms with van der Waals surface area (Å²) >= 11 is 3.73. The van der Waals surface area contributed by atoms with Gasteiger partial charge in [-0.1, -0.05) is 0 Å². The van der Waals surface area contributed by atoms with E-state index in [1.807, 2.05) is 11.4 Å². The lowest BCUT2D eigenvalue weighted by Gasteiger charge is -1.89. The molecular formula is C8H6IN3OS. The zero-order valence-corrected chi connectivity index (χ0v) is 10.2. The third-order valence-corrected chi connectivity index (χ3v) is 3.45. The smallest absolute Gasteiger partial charge is 0.215 e. The first kappa shape index (κ1) is 9.78. The Hall–Kier alpha value is -0.760. The van der Waals surface area contributed by atoms with Crippen LogP contribution in [0, 0.1) is 2.88 Å². The number of ketones is 1. The van der Waals surface area contributed by atoms with Crippen LogP contribution in [-0.2, 0) is 7.05 Å². The predicted octanol–water partition coefficient (Wildman–Crippen LogP) is 1.71. The molecule has 2 aromatic rings. The molecule has 0 radical (unpaired) electrons. The Kier molecular flexibility index (Phi) is 2.64. The second kappa shape index (κ2) is 3.77. The van der Waals surface area contributed by atoms with Gasteiger partial charge in [-0.2, -0.15) is 15.0 Å². The van der Waals surface area contributed by atoms with Crippen LogP contribution in [-0.4, -0.2) is 20.8 Å². The Bertz CT molecular complexity index is 434. The van der Waals surface area contributed by atoms with Crippen LogP contribution in [0.3, 0.4) is 0 Å². The van der Waals surface area contributed by atoms with Gasteiger partial charge in [0.2, 0.25) is 5.78 Å². The minimum atomic E-state index is -0.0720. The van der Waals surface area contributed by atoms with Crippen LogP contribution in [0.1, 0.15) is 16.1 Å². The van der Waals surface area contributed by atoms with Crippen LogP contribution in [0.2, 0.25) is 0 Å². The molecule has 2 aromatic heterocycles. The van der Waals surface area contributed by atoms with Crippen molar-refractivity contribution in [3.05, 3.63) is 31.8 Å². The number of rotatable bonds is 2. The number of carbonyl (C=O) groups is 1. The molecular weight excluding hydrogens is 313 g/mol. The van der Waals surface area contributed by atoms with Gasteiger partial charge in [-0.15, -0.1) is 11.3 Å². The molecule has 14 heavy (non-hydrogen) atoms. The average Bonchev–Trinajstić information content (AvgIpc) is 2.73. The molecule has 0 aliphatic carbocycles. The Morgan fingerprint density at radius 1 is 1.64 bits per heavy atom. The Balaban J connectivity index is 2.33. The molecule has 0 aliphatic heterocycles. The molecule has 0 saturated heterocycles. The number of aryl methyl sites for hydroxylation is 1. The monoisotopic (exact) mass is 319 g/mol. The summed E-state index contributed by atoms with van der Waals surface area (Å²) in [5.74, 6) is -0.0720. The van der Waals surface area contributed by atoms with Crippen molar-refractivity contribution in [3.8, 4) is 0 Å². The number of hydrogen-bond donors (Lipinski definition) is 0. The third kappa shape index (κ3) is 1.85. The lowest BCUT2D eigenvalue weighted by molar-refractivity contribution is 0.103. The first-order valence-electron chi connectivity index (χ1n) is 3.82. The third-order valence-electron chi connectivity index (χ3n) is 1.66. The number of hydrogen-bond acceptors (Lipinski definition) is 4. The largest absolute Gasteiger partial charge is 0.287 e. The molecule has 0 N–H and O–H groups in total. The molecule has 6 heteroatoms. The van der Waals surface area contributed by atoms with Gasteiger partial charge in [0.15, 0.2) is 5.69 Å². The number of thiophene rings is 1. The summed E-state index contributed by atoms with van der Waals surface area (Å²) in [6.07, 6.45) is 1.48. The van der Waals surface area contributed by atoms with E-state index in [0.29, 0.717) is 11.3 Å². The van der Waals surface area contributed by atoms with E-state index in [1.54, 1.807) is 18.4 Å². The molecule has 0 unspecified atom stereocenters. The van der Waals surface area contributed by atoms with E-state index in [0.717, 1.165) is 2.88 Å². The zero-order chi connectivity index (χ0) is 10.1. The molecule has 0 aliphatic rings. The fraction of sp³-hybridized carbons (Fsp3) is 0.125. The summed E-state index contributed by atoms with van der Waals surface area (Å²) in [6.45, 7) is 0. The summed E-state index contributed by atoms with van der Waals surface area (Å²) in [5, 5.41) is 9.64. The van der Waals surface area contributed by atoms with Crippen molar-refractivity contribution in [2.45, 2.75) is 0 Å². The summed E-state index contributed by atoms with van der Waals surface area (Å²) < 4.78 is 1.09. The van der Waals surface area contributed by atoms with Crippen LogP contribution in [0.5, 0.6) is 0 Å². The maximum atomic E-state index is 11.8. The van der Waals surface area contributed by atoms with Crippen LogP contribution in [0.25, 0.3) is 0 Å². The number of halogens is 1. The van der Waals surface area contributed by atoms with Gasteiger partial charge < -0.3 is 0 Å². The van der Waals surface area contributed by atoms with Crippen molar-refractivity contribution < 1.29 is 4.79 Å². The molecule has 0 aromatic carbocycles. The van der Waals surface area contributed by atoms with Crippen molar-refractivity contribution in [1.29, 1.82) is 0 Å². The molecule has 0 amide bonds. The molecule has 0 saturated carbocycles. The van der Waals surface area contributed by atoms with Gasteiger partial charge in [-0.3, -0.25) is 4.79 Å². The first-order valence-corrected chi connectivity index (χ1v) is 5.78. The van der Waals surface area contributed by atoms with E-state index in [1.165, 1.54) is 11.0 Å². The summed E-state index contributed by atoms with van der Waals surface area (Å²) in [4.78, 5) is 13.1. The van der Waals surface area contributed by atoms with E-state index in [-0.39, 0.29) is 5.78 Å². The summed E-state index contributed by atoms with van der Waals surface area (Å²) in [5.41, 5.74) is 1.07. The Morgan fingerprint density at radius 2 is 2.43 bits per heavy atom. The van der Waals surface area contributed by atoms with Gasteiger partial charge in [0.05, 0.1) is 9.08 Å². The van der Waals surface area contributed by atoms with Gasteiger partial charge in [-0.05, 0) is 28.7 Å². The standard InChI is InChI=1S/C8H6IN3OS/c1-12-10-3-6(11-12)8(13)5-2-7(9)14-4-5/h2-4H,1H3. The summed E-state index contributed by atoms with van der Waals surface area (Å²) in [6, 6.07) is 1.85. The highest BCUT2D eigenvalue weighted by atomic mass is 127. The minimum absolute atomic E-state index is 0.0720. The van der Waals surface area contributed by atoms with Crippen molar-refractivity contribution >= 4 is 39.7 Å². The van der Waals surface area contributed by atoms with Crippen molar-refractivity contribution in [2.24, 2.45) is 7.05 Å². The topological polar surface area (TPSA) is 47.8 Å². The highest BCUT2D eigenvalue weighted by Crippen LogP contribution is 2.18. The lowest BCUT2D eigenvalue weighted by Crippen LogP contribution is -2.01. The molecule has 4 nitrogen and oxygen atoms in total. The maximum Gasteiger partial charge on any atom is 0.215 e. The highest BCUT2D eigenvalue weighted by molar-refractivity contribution is 14.1. The van der Waals surface area contributed by atoms with E-state index >= 15 is 0 Å². The highest BCUT2D eigenvalue weighted by Gasteiger charge is 2.13. The van der Waals surface area contributed by atoms with E-state index in [9.17, 15) is 4.79 Å². The van der Waals surface area contributed by atoms with Gasteiger partial charge in [0.1, 0.15) is 0 Å². The van der Waals surface area contributed by atoms with Crippen LogP contribution >= 0.6 is 33.9 Å². The van der Waals surface area contributed by atoms with Crippen molar-refractivity contribution in [3.63, 3.8) is 0 Å². The molecule has 0 bridgehead atoms. The fourth-order valence-corrected chi connectivity index (χ4v) is 2.35. The first-order chi connectivity index (χ1) is 6.66. The molecule has 0 fully saturated rings. The molecule has 0 atom stereocenters. The van der Waals surface area contributed by atoms with Crippen LogP contribution < -0.4 is 0 Å². The van der Waals surface area contributed by atoms with Gasteiger partial charge in [-0.25, -0.2) is 0 Å². The average molecular weight is 319 g/mol. The van der Waals surface area contributed by atoms with Crippen LogP contribution in [0.4, 0.5) is 0 Å². The van der Waals surface area contributed by atoms with E-state index in [2.05, 4.69) is 32.8 Å². The Morgan fingerprint density at radius 3 is 2.93 bits per heavy atom. The predicted molar refractivity (Wildman–Crippen MR) is 61.5 cm³/mol. The minimum Gasteiger partial charge on any atom is -0.287 e. The SMILES string of the molecule is Cn1ncc(C(=O)c2csc(I)c2)n1. The maximum absolute atomic E-state index is 11.8. The van der Waals surface area contributed by atoms with Crippen LogP contribution in [0.15, 0.2) is 17.6 Å². The van der Waals surface area contributed by atoms with E-state index < -0.39 is 0 Å². The van der Waals surface area contributed by atoms with Crippen molar-refractivity contribution in [2.75, 3.05) is 0 Å². The second-order valence-corrected chi connectivity index (χ2v) is 5.49. The quantitative estimate of drug-likeness (QED) is 0.625.